The van der Waals surface area contributed by atoms with Gasteiger partial charge in [-0.15, -0.1) is 0 Å². The number of ether oxygens (including phenoxy) is 1. The first kappa shape index (κ1) is 19.8. The van der Waals surface area contributed by atoms with Crippen molar-refractivity contribution in [1.29, 1.82) is 0 Å². The number of nitrogens with one attached hydrogen (secondary N) is 2. The third kappa shape index (κ3) is 7.19. The van der Waals surface area contributed by atoms with Gasteiger partial charge in [-0.1, -0.05) is 48.5 Å². The topological polar surface area (TPSA) is 67.4 Å². The molecule has 5 nitrogen and oxygen atoms in total. The molecule has 2 aromatic carbocycles. The first-order valence-electron chi connectivity index (χ1n) is 8.47. The van der Waals surface area contributed by atoms with Crippen molar-refractivity contribution in [3.63, 3.8) is 0 Å². The summed E-state index contributed by atoms with van der Waals surface area (Å²) in [6.07, 6.45) is 2.54. The van der Waals surface area contributed by atoms with E-state index in [1.54, 1.807) is 23.9 Å². The number of hydrogen-bond acceptors (Lipinski definition) is 4. The van der Waals surface area contributed by atoms with Gasteiger partial charge in [0.15, 0.2) is 6.61 Å². The third-order valence-corrected chi connectivity index (χ3v) is 4.33. The van der Waals surface area contributed by atoms with E-state index in [0.29, 0.717) is 18.7 Å². The Morgan fingerprint density at radius 3 is 2.35 bits per heavy atom. The van der Waals surface area contributed by atoms with Crippen molar-refractivity contribution < 1.29 is 14.3 Å². The quantitative estimate of drug-likeness (QED) is 0.673. The maximum atomic E-state index is 12.5. The average Bonchev–Trinajstić information content (AvgIpc) is 2.69. The van der Waals surface area contributed by atoms with Crippen molar-refractivity contribution >= 4 is 23.6 Å². The molecule has 0 spiro atoms. The van der Waals surface area contributed by atoms with Crippen LogP contribution in [-0.4, -0.2) is 36.5 Å². The fourth-order valence-electron chi connectivity index (χ4n) is 2.31. The molecule has 2 rings (SSSR count). The van der Waals surface area contributed by atoms with E-state index in [2.05, 4.69) is 10.6 Å². The molecule has 6 heteroatoms. The van der Waals surface area contributed by atoms with Crippen LogP contribution in [0.5, 0.6) is 5.75 Å². The summed E-state index contributed by atoms with van der Waals surface area (Å²) in [5.41, 5.74) is 1.02. The molecule has 0 unspecified atom stereocenters. The molecule has 0 aliphatic rings. The second-order valence-corrected chi connectivity index (χ2v) is 6.69. The third-order valence-electron chi connectivity index (χ3n) is 3.69. The van der Waals surface area contributed by atoms with Gasteiger partial charge in [0, 0.05) is 6.54 Å². The normalized spacial score (nSPS) is 11.4. The van der Waals surface area contributed by atoms with E-state index in [4.69, 9.17) is 4.74 Å². The molecule has 0 radical (unpaired) electrons. The molecular weight excluding hydrogens is 348 g/mol. The maximum absolute atomic E-state index is 12.5. The van der Waals surface area contributed by atoms with Crippen LogP contribution >= 0.6 is 11.8 Å². The van der Waals surface area contributed by atoms with Crippen LogP contribution in [0, 0.1) is 0 Å². The largest absolute Gasteiger partial charge is 0.484 e. The van der Waals surface area contributed by atoms with Gasteiger partial charge in [-0.25, -0.2) is 0 Å². The monoisotopic (exact) mass is 372 g/mol. The number of carbonyl (C=O) groups excluding carboxylic acids is 2. The number of carbonyl (C=O) groups is 2. The maximum Gasteiger partial charge on any atom is 0.258 e. The Balaban J connectivity index is 1.84. The molecule has 2 amide bonds. The van der Waals surface area contributed by atoms with Gasteiger partial charge in [-0.05, 0) is 36.1 Å². The van der Waals surface area contributed by atoms with Gasteiger partial charge in [0.2, 0.25) is 5.91 Å². The Hall–Kier alpha value is -2.47. The van der Waals surface area contributed by atoms with E-state index in [9.17, 15) is 9.59 Å². The van der Waals surface area contributed by atoms with Crippen LogP contribution in [0.3, 0.4) is 0 Å². The Bertz CT molecular complexity index is 680. The van der Waals surface area contributed by atoms with Crippen molar-refractivity contribution in [3.8, 4) is 5.75 Å². The minimum Gasteiger partial charge on any atom is -0.484 e. The number of benzene rings is 2. The van der Waals surface area contributed by atoms with Crippen LogP contribution in [0.2, 0.25) is 0 Å². The van der Waals surface area contributed by atoms with Gasteiger partial charge < -0.3 is 15.4 Å². The highest BCUT2D eigenvalue weighted by molar-refractivity contribution is 7.98. The Morgan fingerprint density at radius 2 is 1.69 bits per heavy atom. The molecule has 0 aliphatic heterocycles. The van der Waals surface area contributed by atoms with Crippen LogP contribution in [-0.2, 0) is 16.1 Å². The van der Waals surface area contributed by atoms with E-state index >= 15 is 0 Å². The summed E-state index contributed by atoms with van der Waals surface area (Å²) in [6, 6.07) is 18.2. The van der Waals surface area contributed by atoms with E-state index in [-0.39, 0.29) is 18.4 Å². The van der Waals surface area contributed by atoms with Gasteiger partial charge in [0.25, 0.3) is 5.91 Å². The van der Waals surface area contributed by atoms with Crippen molar-refractivity contribution in [1.82, 2.24) is 10.6 Å². The van der Waals surface area contributed by atoms with Crippen LogP contribution in [0.25, 0.3) is 0 Å². The molecule has 0 fully saturated rings. The fraction of sp³-hybridized carbons (Fsp3) is 0.300. The molecule has 0 heterocycles. The second-order valence-electron chi connectivity index (χ2n) is 5.71. The van der Waals surface area contributed by atoms with Crippen molar-refractivity contribution in [2.75, 3.05) is 18.6 Å². The zero-order valence-corrected chi connectivity index (χ0v) is 15.6. The zero-order valence-electron chi connectivity index (χ0n) is 14.8. The lowest BCUT2D eigenvalue weighted by molar-refractivity contribution is -0.130. The highest BCUT2D eigenvalue weighted by atomic mass is 32.2. The smallest absolute Gasteiger partial charge is 0.258 e. The second kappa shape index (κ2) is 11.2. The number of para-hydroxylation sites is 1. The average molecular weight is 372 g/mol. The standard InChI is InChI=1S/C20H24N2O3S/c1-26-13-12-18(20(24)21-14-16-8-4-2-5-9-16)22-19(23)15-25-17-10-6-3-7-11-17/h2-11,18H,12-15H2,1H3,(H,21,24)(H,22,23)/t18-/m1/s1. The summed E-state index contributed by atoms with van der Waals surface area (Å²) in [5, 5.41) is 5.65. The molecule has 26 heavy (non-hydrogen) atoms. The van der Waals surface area contributed by atoms with Gasteiger partial charge in [0.05, 0.1) is 0 Å². The summed E-state index contributed by atoms with van der Waals surface area (Å²) >= 11 is 1.64. The highest BCUT2D eigenvalue weighted by Crippen LogP contribution is 2.08. The van der Waals surface area contributed by atoms with Crippen LogP contribution in [0.15, 0.2) is 60.7 Å². The lowest BCUT2D eigenvalue weighted by atomic mass is 10.2. The first-order valence-corrected chi connectivity index (χ1v) is 9.86. The minimum atomic E-state index is -0.571. The van der Waals surface area contributed by atoms with Crippen LogP contribution in [0.4, 0.5) is 0 Å². The van der Waals surface area contributed by atoms with Crippen molar-refractivity contribution in [3.05, 3.63) is 66.2 Å². The zero-order chi connectivity index (χ0) is 18.6. The fourth-order valence-corrected chi connectivity index (χ4v) is 2.79. The molecule has 2 N–H and O–H groups in total. The van der Waals surface area contributed by atoms with Gasteiger partial charge >= 0.3 is 0 Å². The summed E-state index contributed by atoms with van der Waals surface area (Å²) in [6.45, 7) is 0.317. The lowest BCUT2D eigenvalue weighted by Gasteiger charge is -2.18. The van der Waals surface area contributed by atoms with Gasteiger partial charge in [0.1, 0.15) is 11.8 Å². The molecule has 0 bridgehead atoms. The molecular formula is C20H24N2O3S. The minimum absolute atomic E-state index is 0.119. The predicted molar refractivity (Wildman–Crippen MR) is 105 cm³/mol. The van der Waals surface area contributed by atoms with E-state index < -0.39 is 6.04 Å². The molecule has 0 saturated carbocycles. The summed E-state index contributed by atoms with van der Waals surface area (Å²) < 4.78 is 5.43. The summed E-state index contributed by atoms with van der Waals surface area (Å²) in [7, 11) is 0. The summed E-state index contributed by atoms with van der Waals surface area (Å²) in [5.74, 6) is 0.908. The highest BCUT2D eigenvalue weighted by Gasteiger charge is 2.20. The Labute approximate surface area is 158 Å². The van der Waals surface area contributed by atoms with E-state index in [0.717, 1.165) is 11.3 Å². The Kier molecular flexibility index (Phi) is 8.55. The Morgan fingerprint density at radius 1 is 1.04 bits per heavy atom. The lowest BCUT2D eigenvalue weighted by Crippen LogP contribution is -2.48. The number of amides is 2. The molecule has 2 aromatic rings. The van der Waals surface area contributed by atoms with Gasteiger partial charge in [-0.2, -0.15) is 11.8 Å². The number of hydrogen-bond donors (Lipinski definition) is 2. The molecule has 0 saturated heterocycles. The summed E-state index contributed by atoms with van der Waals surface area (Å²) in [4.78, 5) is 24.6. The van der Waals surface area contributed by atoms with Crippen LogP contribution < -0.4 is 15.4 Å². The molecule has 0 aliphatic carbocycles. The predicted octanol–water partition coefficient (Wildman–Crippen LogP) is 2.62. The van der Waals surface area contributed by atoms with Crippen molar-refractivity contribution in [2.24, 2.45) is 0 Å². The van der Waals surface area contributed by atoms with Gasteiger partial charge in [-0.3, -0.25) is 9.59 Å². The first-order chi connectivity index (χ1) is 12.7. The molecule has 1 atom stereocenters. The number of rotatable bonds is 10. The van der Waals surface area contributed by atoms with E-state index in [1.165, 1.54) is 0 Å². The van der Waals surface area contributed by atoms with Crippen molar-refractivity contribution in [2.45, 2.75) is 19.0 Å². The molecule has 138 valence electrons. The van der Waals surface area contributed by atoms with Crippen LogP contribution in [0.1, 0.15) is 12.0 Å². The SMILES string of the molecule is CSCC[C@@H](NC(=O)COc1ccccc1)C(=O)NCc1ccccc1. The van der Waals surface area contributed by atoms with E-state index in [1.807, 2.05) is 54.8 Å². The number of thioether (sulfide) groups is 1. The molecule has 0 aromatic heterocycles.